The van der Waals surface area contributed by atoms with Crippen molar-refractivity contribution in [2.24, 2.45) is 0 Å². The van der Waals surface area contributed by atoms with E-state index in [-0.39, 0.29) is 18.5 Å². The highest BCUT2D eigenvalue weighted by atomic mass is 16.5. The van der Waals surface area contributed by atoms with Crippen LogP contribution in [0.2, 0.25) is 0 Å². The summed E-state index contributed by atoms with van der Waals surface area (Å²) in [6, 6.07) is 36.4. The lowest BCUT2D eigenvalue weighted by atomic mass is 9.34. The van der Waals surface area contributed by atoms with Gasteiger partial charge in [-0.15, -0.1) is 0 Å². The monoisotopic (exact) mass is 651 g/mol. The molecule has 0 aliphatic carbocycles. The van der Waals surface area contributed by atoms with Crippen LogP contribution in [0.15, 0.2) is 109 Å². The van der Waals surface area contributed by atoms with Crippen LogP contribution in [0, 0.1) is 13.8 Å². The van der Waals surface area contributed by atoms with Gasteiger partial charge in [0.2, 0.25) is 0 Å². The molecule has 0 saturated carbocycles. The summed E-state index contributed by atoms with van der Waals surface area (Å²) in [5.74, 6) is 5.02. The van der Waals surface area contributed by atoms with Crippen LogP contribution in [0.25, 0.3) is 39.4 Å². The van der Waals surface area contributed by atoms with Gasteiger partial charge in [-0.1, -0.05) is 76.2 Å². The summed E-state index contributed by atoms with van der Waals surface area (Å²) in [6.07, 6.45) is 1.85. The van der Waals surface area contributed by atoms with E-state index in [4.69, 9.17) is 19.4 Å². The van der Waals surface area contributed by atoms with Gasteiger partial charge in [-0.3, -0.25) is 9.55 Å². The van der Waals surface area contributed by atoms with Crippen molar-refractivity contribution in [1.29, 1.82) is 0 Å². The highest BCUT2D eigenvalue weighted by Gasteiger charge is 2.43. The summed E-state index contributed by atoms with van der Waals surface area (Å²) >= 11 is 0. The van der Waals surface area contributed by atoms with E-state index in [1.54, 1.807) is 0 Å². The predicted molar refractivity (Wildman–Crippen MR) is 205 cm³/mol. The molecule has 0 fully saturated rings. The Hall–Kier alpha value is -5.62. The average Bonchev–Trinajstić information content (AvgIpc) is 3.50. The number of hydrogen-bond donors (Lipinski definition) is 0. The van der Waals surface area contributed by atoms with Crippen molar-refractivity contribution in [3.63, 3.8) is 0 Å². The predicted octanol–water partition coefficient (Wildman–Crippen LogP) is 9.35. The molecular formula is C44H38BN3O2. The lowest BCUT2D eigenvalue weighted by molar-refractivity contribution is 0.452. The number of hydrogen-bond acceptors (Lipinski definition) is 4. The smallest absolute Gasteiger partial charge is 0.260 e. The van der Waals surface area contributed by atoms with Crippen LogP contribution in [0.4, 0.5) is 0 Å². The molecule has 0 atom stereocenters. The van der Waals surface area contributed by atoms with Gasteiger partial charge < -0.3 is 9.47 Å². The Labute approximate surface area is 293 Å². The highest BCUT2D eigenvalue weighted by molar-refractivity contribution is 6.98. The van der Waals surface area contributed by atoms with Crippen LogP contribution < -0.4 is 25.9 Å². The first-order valence-corrected chi connectivity index (χ1v) is 17.6. The first-order chi connectivity index (χ1) is 24.3. The van der Waals surface area contributed by atoms with Gasteiger partial charge in [0.15, 0.2) is 0 Å². The molecule has 5 aromatic carbocycles. The standard InChI is InChI=1S/C44H38BN3O2/c1-25(2)31-24-32(26(3)4)43-40-42(31)49-38-19-17-29(35-14-9-10-21-46-35)22-33(38)45(40)34-23-30(18-20-39(34)50-43)44-47-36-15-7-8-16-37(36)48(44)41-27(5)12-11-13-28(41)6/h7-26H,1-6H3. The third kappa shape index (κ3) is 4.62. The van der Waals surface area contributed by atoms with Crippen LogP contribution >= 0.6 is 0 Å². The van der Waals surface area contributed by atoms with Crippen molar-refractivity contribution < 1.29 is 9.47 Å². The summed E-state index contributed by atoms with van der Waals surface area (Å²) < 4.78 is 16.2. The Kier molecular flexibility index (Phi) is 6.99. The summed E-state index contributed by atoms with van der Waals surface area (Å²) in [7, 11) is 0. The van der Waals surface area contributed by atoms with Gasteiger partial charge in [-0.05, 0) is 119 Å². The third-order valence-electron chi connectivity index (χ3n) is 10.4. The second-order valence-electron chi connectivity index (χ2n) is 14.3. The van der Waals surface area contributed by atoms with Crippen LogP contribution in [0.3, 0.4) is 0 Å². The lowest BCUT2D eigenvalue weighted by Gasteiger charge is -2.36. The zero-order chi connectivity index (χ0) is 34.3. The number of aromatic nitrogens is 3. The Morgan fingerprint density at radius 2 is 1.26 bits per heavy atom. The molecule has 0 radical (unpaired) electrons. The zero-order valence-electron chi connectivity index (χ0n) is 29.3. The fourth-order valence-corrected chi connectivity index (χ4v) is 7.93. The van der Waals surface area contributed by atoms with Crippen LogP contribution in [0.1, 0.15) is 61.8 Å². The van der Waals surface area contributed by atoms with Crippen molar-refractivity contribution in [3.05, 3.63) is 132 Å². The maximum absolute atomic E-state index is 6.96. The number of imidazole rings is 1. The number of aryl methyl sites for hydroxylation is 2. The highest BCUT2D eigenvalue weighted by Crippen LogP contribution is 2.44. The molecule has 2 aliphatic rings. The van der Waals surface area contributed by atoms with Gasteiger partial charge in [0, 0.05) is 17.2 Å². The van der Waals surface area contributed by atoms with Gasteiger partial charge in [0.05, 0.1) is 22.4 Å². The van der Waals surface area contributed by atoms with Crippen LogP contribution in [-0.4, -0.2) is 21.2 Å². The Morgan fingerprint density at radius 3 is 1.90 bits per heavy atom. The van der Waals surface area contributed by atoms with Crippen molar-refractivity contribution in [2.75, 3.05) is 0 Å². The minimum Gasteiger partial charge on any atom is -0.458 e. The molecule has 9 rings (SSSR count). The van der Waals surface area contributed by atoms with E-state index in [0.29, 0.717) is 0 Å². The van der Waals surface area contributed by atoms with E-state index in [0.717, 1.165) is 78.8 Å². The van der Waals surface area contributed by atoms with Crippen molar-refractivity contribution in [3.8, 4) is 51.3 Å². The summed E-state index contributed by atoms with van der Waals surface area (Å²) in [5, 5.41) is 0. The fraction of sp³-hybridized carbons (Fsp3) is 0.182. The van der Waals surface area contributed by atoms with E-state index in [1.807, 2.05) is 18.3 Å². The second kappa shape index (κ2) is 11.5. The molecule has 6 heteroatoms. The molecule has 0 unspecified atom stereocenters. The van der Waals surface area contributed by atoms with E-state index >= 15 is 0 Å². The maximum atomic E-state index is 6.96. The number of fused-ring (bicyclic) bond motifs is 5. The first-order valence-electron chi connectivity index (χ1n) is 17.6. The van der Waals surface area contributed by atoms with Gasteiger partial charge in [-0.2, -0.15) is 0 Å². The number of nitrogens with zero attached hydrogens (tertiary/aromatic N) is 3. The van der Waals surface area contributed by atoms with Crippen molar-refractivity contribution >= 4 is 34.1 Å². The van der Waals surface area contributed by atoms with Crippen molar-refractivity contribution in [1.82, 2.24) is 14.5 Å². The molecule has 7 aromatic rings. The van der Waals surface area contributed by atoms with E-state index in [2.05, 4.69) is 137 Å². The molecular weight excluding hydrogens is 613 g/mol. The first kappa shape index (κ1) is 30.4. The topological polar surface area (TPSA) is 49.2 Å². The second-order valence-corrected chi connectivity index (χ2v) is 14.3. The largest absolute Gasteiger partial charge is 0.458 e. The third-order valence-corrected chi connectivity index (χ3v) is 10.4. The van der Waals surface area contributed by atoms with Crippen molar-refractivity contribution in [2.45, 2.75) is 53.4 Å². The Morgan fingerprint density at radius 1 is 0.640 bits per heavy atom. The lowest BCUT2D eigenvalue weighted by Crippen LogP contribution is -2.58. The molecule has 0 N–H and O–H groups in total. The van der Waals surface area contributed by atoms with Gasteiger partial charge >= 0.3 is 0 Å². The van der Waals surface area contributed by atoms with E-state index < -0.39 is 0 Å². The number of para-hydroxylation sites is 3. The van der Waals surface area contributed by atoms with Gasteiger partial charge in [0.1, 0.15) is 28.8 Å². The average molecular weight is 652 g/mol. The molecule has 5 nitrogen and oxygen atoms in total. The molecule has 0 saturated heterocycles. The molecule has 244 valence electrons. The quantitative estimate of drug-likeness (QED) is 0.174. The molecule has 4 heterocycles. The zero-order valence-corrected chi connectivity index (χ0v) is 29.3. The molecule has 0 amide bonds. The SMILES string of the molecule is Cc1cccc(C)c1-n1c(-c2ccc3c(c2)B2c4cc(-c5ccccn5)ccc4Oc4c(C(C)C)cc(C(C)C)c(c42)O3)nc2ccccc21. The van der Waals surface area contributed by atoms with E-state index in [1.165, 1.54) is 22.3 Å². The summed E-state index contributed by atoms with van der Waals surface area (Å²) in [4.78, 5) is 9.97. The number of ether oxygens (including phenoxy) is 2. The summed E-state index contributed by atoms with van der Waals surface area (Å²) in [5.41, 5.74) is 14.4. The summed E-state index contributed by atoms with van der Waals surface area (Å²) in [6.45, 7) is 13.2. The van der Waals surface area contributed by atoms with Gasteiger partial charge in [-0.25, -0.2) is 4.98 Å². The molecule has 2 aliphatic heterocycles. The minimum atomic E-state index is -0.106. The van der Waals surface area contributed by atoms with Gasteiger partial charge in [0.25, 0.3) is 6.71 Å². The molecule has 2 aromatic heterocycles. The maximum Gasteiger partial charge on any atom is 0.260 e. The number of benzene rings is 5. The van der Waals surface area contributed by atoms with Crippen LogP contribution in [-0.2, 0) is 0 Å². The normalized spacial score (nSPS) is 12.8. The number of pyridine rings is 1. The Balaban J connectivity index is 1.32. The molecule has 50 heavy (non-hydrogen) atoms. The molecule has 0 bridgehead atoms. The molecule has 0 spiro atoms. The minimum absolute atomic E-state index is 0.106. The van der Waals surface area contributed by atoms with E-state index in [9.17, 15) is 0 Å². The Bertz CT molecular complexity index is 2430. The fourth-order valence-electron chi connectivity index (χ4n) is 7.93. The number of rotatable bonds is 5. The van der Waals surface area contributed by atoms with Crippen LogP contribution in [0.5, 0.6) is 23.0 Å².